The molecule has 2 N–H and O–H groups in total. The van der Waals surface area contributed by atoms with Crippen LogP contribution in [0.5, 0.6) is 0 Å². The van der Waals surface area contributed by atoms with Crippen LogP contribution in [-0.4, -0.2) is 16.1 Å². The fourth-order valence-electron chi connectivity index (χ4n) is 3.04. The quantitative estimate of drug-likeness (QED) is 0.893. The van der Waals surface area contributed by atoms with E-state index in [2.05, 4.69) is 10.3 Å². The number of aromatic nitrogens is 1. The summed E-state index contributed by atoms with van der Waals surface area (Å²) in [6.07, 6.45) is 9.26. The lowest BCUT2D eigenvalue weighted by Gasteiger charge is -2.26. The van der Waals surface area contributed by atoms with Gasteiger partial charge < -0.3 is 10.4 Å². The van der Waals surface area contributed by atoms with Crippen molar-refractivity contribution < 1.29 is 5.11 Å². The Morgan fingerprint density at radius 3 is 2.57 bits per heavy atom. The third kappa shape index (κ3) is 3.42. The van der Waals surface area contributed by atoms with Gasteiger partial charge in [0.2, 0.25) is 0 Å². The van der Waals surface area contributed by atoms with Gasteiger partial charge in [0.1, 0.15) is 6.10 Å². The highest BCUT2D eigenvalue weighted by Crippen LogP contribution is 2.29. The second-order valence-electron chi connectivity index (χ2n) is 5.76. The summed E-state index contributed by atoms with van der Waals surface area (Å²) in [6, 6.07) is 12.2. The fraction of sp³-hybridized carbons (Fsp3) is 0.389. The molecule has 1 heterocycles. The molecule has 0 bridgehead atoms. The van der Waals surface area contributed by atoms with Gasteiger partial charge in [-0.3, -0.25) is 4.98 Å². The molecule has 1 saturated carbocycles. The summed E-state index contributed by atoms with van der Waals surface area (Å²) < 4.78 is 0. The molecule has 1 aromatic heterocycles. The molecular formula is C18H22N2O. The van der Waals surface area contributed by atoms with Gasteiger partial charge in [0.15, 0.2) is 0 Å². The van der Waals surface area contributed by atoms with E-state index in [4.69, 9.17) is 0 Å². The minimum absolute atomic E-state index is 0.517. The van der Waals surface area contributed by atoms with Crippen molar-refractivity contribution in [1.82, 2.24) is 4.98 Å². The van der Waals surface area contributed by atoms with Crippen molar-refractivity contribution in [3.05, 3.63) is 59.9 Å². The van der Waals surface area contributed by atoms with E-state index in [9.17, 15) is 5.11 Å². The summed E-state index contributed by atoms with van der Waals surface area (Å²) in [4.78, 5) is 4.19. The number of rotatable bonds is 4. The largest absolute Gasteiger partial charge is 0.384 e. The van der Waals surface area contributed by atoms with E-state index >= 15 is 0 Å². The molecule has 21 heavy (non-hydrogen) atoms. The average Bonchev–Trinajstić information content (AvgIpc) is 2.56. The Labute approximate surface area is 126 Å². The topological polar surface area (TPSA) is 45.2 Å². The van der Waals surface area contributed by atoms with E-state index in [-0.39, 0.29) is 0 Å². The molecule has 110 valence electrons. The number of aliphatic hydroxyl groups excluding tert-OH is 1. The molecule has 2 aromatic rings. The van der Waals surface area contributed by atoms with Crippen LogP contribution >= 0.6 is 0 Å². The monoisotopic (exact) mass is 282 g/mol. The zero-order valence-electron chi connectivity index (χ0n) is 12.2. The van der Waals surface area contributed by atoms with Gasteiger partial charge in [-0.05, 0) is 24.5 Å². The van der Waals surface area contributed by atoms with Crippen molar-refractivity contribution in [3.8, 4) is 0 Å². The molecule has 1 aliphatic rings. The van der Waals surface area contributed by atoms with Gasteiger partial charge in [-0.15, -0.1) is 0 Å². The second kappa shape index (κ2) is 6.72. The zero-order chi connectivity index (χ0) is 14.5. The number of benzene rings is 1. The first-order chi connectivity index (χ1) is 10.3. The normalized spacial score (nSPS) is 17.4. The Kier molecular flexibility index (Phi) is 4.51. The van der Waals surface area contributed by atoms with Crippen LogP contribution in [0.1, 0.15) is 49.3 Å². The lowest BCUT2D eigenvalue weighted by Crippen LogP contribution is -2.23. The fourth-order valence-corrected chi connectivity index (χ4v) is 3.04. The minimum atomic E-state index is -0.633. The van der Waals surface area contributed by atoms with Crippen molar-refractivity contribution in [2.24, 2.45) is 0 Å². The summed E-state index contributed by atoms with van der Waals surface area (Å²) in [7, 11) is 0. The van der Waals surface area contributed by atoms with Crippen LogP contribution < -0.4 is 5.32 Å². The molecular weight excluding hydrogens is 260 g/mol. The highest BCUT2D eigenvalue weighted by atomic mass is 16.3. The third-order valence-electron chi connectivity index (χ3n) is 4.23. The minimum Gasteiger partial charge on any atom is -0.384 e. The summed E-state index contributed by atoms with van der Waals surface area (Å²) in [5.41, 5.74) is 2.76. The number of nitrogens with one attached hydrogen (secondary N) is 1. The zero-order valence-corrected chi connectivity index (χ0v) is 12.2. The molecule has 1 aromatic carbocycles. The maximum Gasteiger partial charge on any atom is 0.108 e. The van der Waals surface area contributed by atoms with Gasteiger partial charge >= 0.3 is 0 Å². The van der Waals surface area contributed by atoms with Crippen LogP contribution in [0.4, 0.5) is 5.69 Å². The molecule has 3 nitrogen and oxygen atoms in total. The van der Waals surface area contributed by atoms with Crippen molar-refractivity contribution >= 4 is 5.69 Å². The van der Waals surface area contributed by atoms with Gasteiger partial charge in [0.05, 0.1) is 0 Å². The number of nitrogens with zero attached hydrogens (tertiary/aromatic N) is 1. The number of hydrogen-bond acceptors (Lipinski definition) is 3. The molecule has 0 saturated heterocycles. The SMILES string of the molecule is OC(c1ccccc1)c1cnccc1NC1CCCCC1. The van der Waals surface area contributed by atoms with Crippen LogP contribution in [0.2, 0.25) is 0 Å². The van der Waals surface area contributed by atoms with Crippen molar-refractivity contribution in [2.75, 3.05) is 5.32 Å². The molecule has 3 heteroatoms. The van der Waals surface area contributed by atoms with Gasteiger partial charge in [-0.1, -0.05) is 49.6 Å². The molecule has 1 fully saturated rings. The first kappa shape index (κ1) is 14.1. The van der Waals surface area contributed by atoms with Gasteiger partial charge in [-0.2, -0.15) is 0 Å². The van der Waals surface area contributed by atoms with E-state index < -0.39 is 6.10 Å². The highest BCUT2D eigenvalue weighted by molar-refractivity contribution is 5.53. The van der Waals surface area contributed by atoms with Crippen LogP contribution in [0.15, 0.2) is 48.8 Å². The Balaban J connectivity index is 1.81. The number of aliphatic hydroxyl groups is 1. The van der Waals surface area contributed by atoms with Crippen molar-refractivity contribution in [3.63, 3.8) is 0 Å². The number of pyridine rings is 1. The standard InChI is InChI=1S/C18H22N2O/c21-18(14-7-3-1-4-8-14)16-13-19-12-11-17(16)20-15-9-5-2-6-10-15/h1,3-4,7-8,11-13,15,18,21H,2,5-6,9-10H2,(H,19,20). The summed E-state index contributed by atoms with van der Waals surface area (Å²) in [5, 5.41) is 14.2. The first-order valence-electron chi connectivity index (χ1n) is 7.78. The average molecular weight is 282 g/mol. The molecule has 0 radical (unpaired) electrons. The predicted octanol–water partition coefficient (Wildman–Crippen LogP) is 3.91. The molecule has 0 aliphatic heterocycles. The second-order valence-corrected chi connectivity index (χ2v) is 5.76. The summed E-state index contributed by atoms with van der Waals surface area (Å²) >= 11 is 0. The molecule has 0 spiro atoms. The Morgan fingerprint density at radius 2 is 1.81 bits per heavy atom. The van der Waals surface area contributed by atoms with Crippen LogP contribution in [-0.2, 0) is 0 Å². The maximum absolute atomic E-state index is 10.6. The number of anilines is 1. The van der Waals surface area contributed by atoms with E-state index in [1.54, 1.807) is 12.4 Å². The van der Waals surface area contributed by atoms with Gasteiger partial charge in [-0.25, -0.2) is 0 Å². The van der Waals surface area contributed by atoms with E-state index in [0.717, 1.165) is 16.8 Å². The van der Waals surface area contributed by atoms with Crippen LogP contribution in [0, 0.1) is 0 Å². The maximum atomic E-state index is 10.6. The summed E-state index contributed by atoms with van der Waals surface area (Å²) in [5.74, 6) is 0. The van der Waals surface area contributed by atoms with Crippen molar-refractivity contribution in [2.45, 2.75) is 44.2 Å². The molecule has 1 aliphatic carbocycles. The first-order valence-corrected chi connectivity index (χ1v) is 7.78. The lowest BCUT2D eigenvalue weighted by atomic mass is 9.94. The Hall–Kier alpha value is -1.87. The molecule has 0 amide bonds. The Bertz CT molecular complexity index is 564. The predicted molar refractivity (Wildman–Crippen MR) is 85.2 cm³/mol. The van der Waals surface area contributed by atoms with E-state index in [0.29, 0.717) is 6.04 Å². The van der Waals surface area contributed by atoms with Crippen molar-refractivity contribution in [1.29, 1.82) is 0 Å². The molecule has 1 atom stereocenters. The lowest BCUT2D eigenvalue weighted by molar-refractivity contribution is 0.220. The van der Waals surface area contributed by atoms with Gasteiger partial charge in [0.25, 0.3) is 0 Å². The van der Waals surface area contributed by atoms with Gasteiger partial charge in [0, 0.05) is 29.7 Å². The van der Waals surface area contributed by atoms with Crippen LogP contribution in [0.3, 0.4) is 0 Å². The number of hydrogen-bond donors (Lipinski definition) is 2. The molecule has 3 rings (SSSR count). The van der Waals surface area contributed by atoms with E-state index in [1.165, 1.54) is 32.1 Å². The van der Waals surface area contributed by atoms with Crippen LogP contribution in [0.25, 0.3) is 0 Å². The molecule has 1 unspecified atom stereocenters. The smallest absolute Gasteiger partial charge is 0.108 e. The summed E-state index contributed by atoms with van der Waals surface area (Å²) in [6.45, 7) is 0. The third-order valence-corrected chi connectivity index (χ3v) is 4.23. The Morgan fingerprint density at radius 1 is 1.05 bits per heavy atom. The van der Waals surface area contributed by atoms with E-state index in [1.807, 2.05) is 36.4 Å². The highest BCUT2D eigenvalue weighted by Gasteiger charge is 2.18.